The summed E-state index contributed by atoms with van der Waals surface area (Å²) in [6, 6.07) is 0. The zero-order chi connectivity index (χ0) is 73.5. The second-order valence-electron chi connectivity index (χ2n) is 30.1. The highest BCUT2D eigenvalue weighted by molar-refractivity contribution is 7.47. The molecule has 100 heavy (non-hydrogen) atoms. The Bertz CT molecular complexity index is 1920. The van der Waals surface area contributed by atoms with Gasteiger partial charge in [-0.05, 0) is 37.5 Å². The number of phosphoric ester groups is 2. The summed E-state index contributed by atoms with van der Waals surface area (Å²) in [5.74, 6) is -0.631. The van der Waals surface area contributed by atoms with Gasteiger partial charge in [0, 0.05) is 25.7 Å². The fraction of sp³-hybridized carbons (Fsp3) is 0.951. The van der Waals surface area contributed by atoms with Gasteiger partial charge in [-0.1, -0.05) is 375 Å². The number of carbonyl (C=O) groups excluding carboxylic acids is 4. The largest absolute Gasteiger partial charge is 0.472 e. The van der Waals surface area contributed by atoms with E-state index in [9.17, 15) is 43.2 Å². The van der Waals surface area contributed by atoms with E-state index in [4.69, 9.17) is 37.0 Å². The summed E-state index contributed by atoms with van der Waals surface area (Å²) in [5.41, 5.74) is 0. The SMILES string of the molecule is CCCCCCCCCCCCCCCCCCCCCCC(=O)O[C@H](COC(=O)CCCCCCCCCCCCCCCCC(C)C)COP(=O)(O)OC[C@@H](O)COP(=O)(O)OC[C@@H](COC(=O)CCCCCCCCC(C)C)OC(=O)CCCCCCCCCCCCCCCC. The van der Waals surface area contributed by atoms with Crippen LogP contribution in [0.2, 0.25) is 0 Å². The van der Waals surface area contributed by atoms with Crippen molar-refractivity contribution >= 4 is 39.5 Å². The van der Waals surface area contributed by atoms with Gasteiger partial charge in [-0.3, -0.25) is 37.3 Å². The van der Waals surface area contributed by atoms with E-state index in [1.54, 1.807) is 0 Å². The number of esters is 4. The van der Waals surface area contributed by atoms with Crippen molar-refractivity contribution in [3.63, 3.8) is 0 Å². The van der Waals surface area contributed by atoms with Crippen LogP contribution in [0.15, 0.2) is 0 Å². The lowest BCUT2D eigenvalue weighted by Crippen LogP contribution is -2.30. The number of hydrogen-bond donors (Lipinski definition) is 3. The maximum atomic E-state index is 13.1. The third-order valence-electron chi connectivity index (χ3n) is 19.0. The van der Waals surface area contributed by atoms with E-state index in [1.807, 2.05) is 0 Å². The summed E-state index contributed by atoms with van der Waals surface area (Å²) in [5, 5.41) is 10.6. The predicted octanol–water partition coefficient (Wildman–Crippen LogP) is 24.3. The molecule has 0 radical (unpaired) electrons. The van der Waals surface area contributed by atoms with Crippen molar-refractivity contribution in [2.45, 2.75) is 445 Å². The van der Waals surface area contributed by atoms with Crippen molar-refractivity contribution in [1.82, 2.24) is 0 Å². The molecule has 0 saturated heterocycles. The van der Waals surface area contributed by atoms with Crippen LogP contribution in [0.4, 0.5) is 0 Å². The Morgan fingerprint density at radius 1 is 0.270 bits per heavy atom. The summed E-state index contributed by atoms with van der Waals surface area (Å²) in [6.07, 6.45) is 62.6. The molecular formula is C81H158O17P2. The Balaban J connectivity index is 5.22. The van der Waals surface area contributed by atoms with Gasteiger partial charge in [-0.25, -0.2) is 9.13 Å². The lowest BCUT2D eigenvalue weighted by Gasteiger charge is -2.21. The highest BCUT2D eigenvalue weighted by Crippen LogP contribution is 2.45. The first kappa shape index (κ1) is 98.1. The Kier molecular flexibility index (Phi) is 71.2. The molecule has 2 unspecified atom stereocenters. The average molecular weight is 1470 g/mol. The lowest BCUT2D eigenvalue weighted by atomic mass is 10.0. The number of aliphatic hydroxyl groups excluding tert-OH is 1. The van der Waals surface area contributed by atoms with E-state index >= 15 is 0 Å². The Morgan fingerprint density at radius 3 is 0.680 bits per heavy atom. The highest BCUT2D eigenvalue weighted by atomic mass is 31.2. The Labute approximate surface area is 613 Å². The van der Waals surface area contributed by atoms with E-state index in [0.717, 1.165) is 102 Å². The molecule has 0 aromatic rings. The number of aliphatic hydroxyl groups is 1. The fourth-order valence-electron chi connectivity index (χ4n) is 12.5. The van der Waals surface area contributed by atoms with Crippen LogP contribution in [0.3, 0.4) is 0 Å². The Morgan fingerprint density at radius 2 is 0.460 bits per heavy atom. The maximum absolute atomic E-state index is 13.1. The third-order valence-corrected chi connectivity index (χ3v) is 20.9. The van der Waals surface area contributed by atoms with Gasteiger partial charge in [0.15, 0.2) is 12.2 Å². The van der Waals surface area contributed by atoms with E-state index < -0.39 is 97.5 Å². The van der Waals surface area contributed by atoms with Crippen LogP contribution in [0.1, 0.15) is 427 Å². The van der Waals surface area contributed by atoms with Crippen LogP contribution >= 0.6 is 15.6 Å². The molecular weight excluding hydrogens is 1310 g/mol. The van der Waals surface area contributed by atoms with Crippen molar-refractivity contribution in [3.05, 3.63) is 0 Å². The van der Waals surface area contributed by atoms with E-state index in [1.165, 1.54) is 238 Å². The van der Waals surface area contributed by atoms with Gasteiger partial charge in [0.2, 0.25) is 0 Å². The maximum Gasteiger partial charge on any atom is 0.472 e. The molecule has 3 N–H and O–H groups in total. The van der Waals surface area contributed by atoms with Crippen LogP contribution < -0.4 is 0 Å². The molecule has 0 amide bonds. The third kappa shape index (κ3) is 74.3. The van der Waals surface area contributed by atoms with Crippen molar-refractivity contribution < 1.29 is 80.2 Å². The molecule has 0 saturated carbocycles. The smallest absolute Gasteiger partial charge is 0.462 e. The zero-order valence-electron chi connectivity index (χ0n) is 65.5. The summed E-state index contributed by atoms with van der Waals surface area (Å²) in [7, 11) is -9.92. The standard InChI is InChI=1S/C81H158O17P2/c1-7-9-11-13-15-17-19-21-23-24-25-26-27-28-34-38-42-46-54-60-66-80(85)97-76(69-91-78(83)63-57-51-44-40-36-33-30-29-31-35-39-43-49-55-61-73(3)4)71-95-99(87,88)93-67-75(82)68-94-100(89,90)96-72-77(70-92-79(84)64-58-52-48-47-50-56-62-74(5)6)98-81(86)65-59-53-45-41-37-32-22-20-18-16-14-12-10-8-2/h73-77,82H,7-72H2,1-6H3,(H,87,88)(H,89,90)/t75-,76-,77-/m1/s1. The topological polar surface area (TPSA) is 237 Å². The quantitative estimate of drug-likeness (QED) is 0.0222. The molecule has 17 nitrogen and oxygen atoms in total. The van der Waals surface area contributed by atoms with Crippen molar-refractivity contribution in [1.29, 1.82) is 0 Å². The van der Waals surface area contributed by atoms with Gasteiger partial charge in [0.05, 0.1) is 26.4 Å². The molecule has 5 atom stereocenters. The van der Waals surface area contributed by atoms with Gasteiger partial charge in [0.25, 0.3) is 0 Å². The number of unbranched alkanes of at least 4 members (excludes halogenated alkanes) is 50. The molecule has 0 heterocycles. The number of phosphoric acid groups is 2. The van der Waals surface area contributed by atoms with E-state index in [0.29, 0.717) is 31.6 Å². The number of hydrogen-bond acceptors (Lipinski definition) is 15. The lowest BCUT2D eigenvalue weighted by molar-refractivity contribution is -0.161. The molecule has 0 bridgehead atoms. The highest BCUT2D eigenvalue weighted by Gasteiger charge is 2.30. The first-order valence-corrected chi connectivity index (χ1v) is 45.0. The second kappa shape index (κ2) is 72.6. The van der Waals surface area contributed by atoms with Gasteiger partial charge in [0.1, 0.15) is 19.3 Å². The first-order valence-electron chi connectivity index (χ1n) is 42.0. The molecule has 0 aliphatic heterocycles. The zero-order valence-corrected chi connectivity index (χ0v) is 67.3. The van der Waals surface area contributed by atoms with Crippen molar-refractivity contribution in [2.75, 3.05) is 39.6 Å². The average Bonchev–Trinajstić information content (AvgIpc) is 0.980. The molecule has 0 aromatic carbocycles. The summed E-state index contributed by atoms with van der Waals surface area (Å²) in [4.78, 5) is 73.0. The molecule has 0 fully saturated rings. The number of carbonyl (C=O) groups is 4. The van der Waals surface area contributed by atoms with Crippen LogP contribution in [0, 0.1) is 11.8 Å². The monoisotopic (exact) mass is 1470 g/mol. The second-order valence-corrected chi connectivity index (χ2v) is 33.0. The van der Waals surface area contributed by atoms with Crippen LogP contribution in [0.25, 0.3) is 0 Å². The fourth-order valence-corrected chi connectivity index (χ4v) is 14.1. The molecule has 0 rings (SSSR count). The van der Waals surface area contributed by atoms with Crippen LogP contribution in [-0.4, -0.2) is 96.7 Å². The molecule has 594 valence electrons. The van der Waals surface area contributed by atoms with Crippen LogP contribution in [-0.2, 0) is 65.4 Å². The summed E-state index contributed by atoms with van der Waals surface area (Å²) < 4.78 is 68.7. The van der Waals surface area contributed by atoms with Gasteiger partial charge in [-0.2, -0.15) is 0 Å². The predicted molar refractivity (Wildman–Crippen MR) is 409 cm³/mol. The molecule has 0 spiro atoms. The molecule has 0 aliphatic carbocycles. The van der Waals surface area contributed by atoms with E-state index in [-0.39, 0.29) is 25.7 Å². The van der Waals surface area contributed by atoms with Gasteiger partial charge >= 0.3 is 39.5 Å². The van der Waals surface area contributed by atoms with Crippen LogP contribution in [0.5, 0.6) is 0 Å². The van der Waals surface area contributed by atoms with Gasteiger partial charge < -0.3 is 33.8 Å². The van der Waals surface area contributed by atoms with Gasteiger partial charge in [-0.15, -0.1) is 0 Å². The summed E-state index contributed by atoms with van der Waals surface area (Å²) >= 11 is 0. The van der Waals surface area contributed by atoms with Crippen molar-refractivity contribution in [2.24, 2.45) is 11.8 Å². The molecule has 19 heteroatoms. The minimum absolute atomic E-state index is 0.107. The van der Waals surface area contributed by atoms with Crippen molar-refractivity contribution in [3.8, 4) is 0 Å². The minimum Gasteiger partial charge on any atom is -0.462 e. The number of rotatable bonds is 80. The molecule has 0 aliphatic rings. The number of ether oxygens (including phenoxy) is 4. The summed E-state index contributed by atoms with van der Waals surface area (Å²) in [6.45, 7) is 9.58. The Hall–Kier alpha value is -1.94. The minimum atomic E-state index is -4.96. The molecule has 0 aromatic heterocycles. The normalized spacial score (nSPS) is 13.9. The van der Waals surface area contributed by atoms with E-state index in [2.05, 4.69) is 41.5 Å². The first-order chi connectivity index (χ1) is 48.4.